The molecule has 0 saturated heterocycles. The van der Waals surface area contributed by atoms with Gasteiger partial charge >= 0.3 is 0 Å². The second kappa shape index (κ2) is 7.32. The number of aliphatic imine (C=N–C) groups is 1. The van der Waals surface area contributed by atoms with Gasteiger partial charge in [0.05, 0.1) is 6.54 Å². The zero-order chi connectivity index (χ0) is 17.2. The summed E-state index contributed by atoms with van der Waals surface area (Å²) in [6, 6.07) is 0. The highest BCUT2D eigenvalue weighted by Gasteiger charge is 2.48. The van der Waals surface area contributed by atoms with Gasteiger partial charge in [-0.1, -0.05) is 33.6 Å². The molecule has 4 rings (SSSR count). The lowest BCUT2D eigenvalue weighted by molar-refractivity contribution is 0.219. The molecule has 0 aromatic rings. The third-order valence-electron chi connectivity index (χ3n) is 8.66. The molecule has 4 aliphatic carbocycles. The zero-order valence-electron chi connectivity index (χ0n) is 16.2. The summed E-state index contributed by atoms with van der Waals surface area (Å²) >= 11 is 0. The Morgan fingerprint density at radius 3 is 1.42 bits per heavy atom. The van der Waals surface area contributed by atoms with Crippen LogP contribution in [0.25, 0.3) is 0 Å². The van der Waals surface area contributed by atoms with E-state index in [-0.39, 0.29) is 0 Å². The summed E-state index contributed by atoms with van der Waals surface area (Å²) in [6.07, 6.45) is 17.4. The second-order valence-corrected chi connectivity index (χ2v) is 9.48. The topological polar surface area (TPSA) is 29.4 Å². The van der Waals surface area contributed by atoms with Crippen LogP contribution >= 0.6 is 0 Å². The Morgan fingerprint density at radius 1 is 0.750 bits per heavy atom. The van der Waals surface area contributed by atoms with E-state index in [0.29, 0.717) is 5.41 Å². The molecule has 0 aromatic heterocycles. The number of hydrogen-bond donors (Lipinski definition) is 0. The Kier molecular flexibility index (Phi) is 5.55. The fourth-order valence-electron chi connectivity index (χ4n) is 6.30. The molecule has 4 fully saturated rings. The quantitative estimate of drug-likeness (QED) is 0.439. The molecule has 4 aliphatic rings. The van der Waals surface area contributed by atoms with E-state index in [1.165, 1.54) is 44.9 Å². The lowest BCUT2D eigenvalue weighted by Crippen LogP contribution is -2.19. The van der Waals surface area contributed by atoms with Crippen molar-refractivity contribution in [2.24, 2.45) is 39.5 Å². The van der Waals surface area contributed by atoms with E-state index in [1.807, 2.05) is 0 Å². The van der Waals surface area contributed by atoms with E-state index in [4.69, 9.17) is 0 Å². The molecule has 2 heteroatoms. The normalized spacial score (nSPS) is 41.0. The third kappa shape index (κ3) is 3.36. The molecule has 24 heavy (non-hydrogen) atoms. The Labute approximate surface area is 148 Å². The molecule has 136 valence electrons. The van der Waals surface area contributed by atoms with Crippen molar-refractivity contribution in [1.82, 2.24) is 0 Å². The van der Waals surface area contributed by atoms with Crippen molar-refractivity contribution in [1.29, 1.82) is 0 Å². The monoisotopic (exact) mass is 331 g/mol. The van der Waals surface area contributed by atoms with Crippen LogP contribution in [0.4, 0.5) is 0 Å². The maximum atomic E-state index is 10.1. The van der Waals surface area contributed by atoms with Gasteiger partial charge in [-0.05, 0) is 92.3 Å². The average Bonchev–Trinajstić information content (AvgIpc) is 3.00. The van der Waals surface area contributed by atoms with Crippen molar-refractivity contribution >= 4 is 6.08 Å². The number of carbonyl (C=O) groups excluding carboxylic acids is 1. The molecule has 0 heterocycles. The summed E-state index contributed by atoms with van der Waals surface area (Å²) in [4.78, 5) is 13.9. The number of fused-ring (bicyclic) bond motifs is 2. The van der Waals surface area contributed by atoms with E-state index in [2.05, 4.69) is 25.8 Å². The van der Waals surface area contributed by atoms with Gasteiger partial charge in [-0.2, -0.15) is 0 Å². The maximum Gasteiger partial charge on any atom is 0.234 e. The van der Waals surface area contributed by atoms with Crippen molar-refractivity contribution < 1.29 is 4.79 Å². The standard InChI is InChI=1S/C11H17NO.C11H20/c1-2-11(7-12-8-13)5-9-3-4-10(9)6-11;1-3-11(4-2)7-9-5-6-10(9)8-11/h9-10H,2-7H2,1H3;9-10H,3-8H2,1-2H3/t9-,10+,11?;9-,10+. The van der Waals surface area contributed by atoms with Gasteiger partial charge in [0.1, 0.15) is 0 Å². The first-order chi connectivity index (χ1) is 11.6. The molecule has 0 aromatic carbocycles. The van der Waals surface area contributed by atoms with Gasteiger partial charge in [-0.15, -0.1) is 0 Å². The van der Waals surface area contributed by atoms with Crippen LogP contribution in [0, 0.1) is 34.5 Å². The minimum atomic E-state index is 0.364. The van der Waals surface area contributed by atoms with Gasteiger partial charge in [0, 0.05) is 0 Å². The van der Waals surface area contributed by atoms with Crippen molar-refractivity contribution in [3.8, 4) is 0 Å². The molecule has 0 N–H and O–H groups in total. The fraction of sp³-hybridized carbons (Fsp3) is 0.955. The van der Waals surface area contributed by atoms with Gasteiger partial charge in [0.2, 0.25) is 6.08 Å². The second-order valence-electron chi connectivity index (χ2n) is 9.48. The molecule has 0 radical (unpaired) electrons. The van der Waals surface area contributed by atoms with Crippen LogP contribution in [0.5, 0.6) is 0 Å². The minimum Gasteiger partial charge on any atom is -0.211 e. The number of nitrogens with zero attached hydrogens (tertiary/aromatic N) is 1. The Hall–Kier alpha value is -0.620. The molecule has 5 atom stereocenters. The smallest absolute Gasteiger partial charge is 0.211 e. The number of hydrogen-bond acceptors (Lipinski definition) is 2. The van der Waals surface area contributed by atoms with E-state index >= 15 is 0 Å². The van der Waals surface area contributed by atoms with Gasteiger partial charge < -0.3 is 0 Å². The summed E-state index contributed by atoms with van der Waals surface area (Å²) in [5.41, 5.74) is 1.15. The average molecular weight is 332 g/mol. The predicted molar refractivity (Wildman–Crippen MR) is 99.6 cm³/mol. The number of isocyanates is 1. The molecule has 2 nitrogen and oxygen atoms in total. The van der Waals surface area contributed by atoms with Crippen molar-refractivity contribution in [3.05, 3.63) is 0 Å². The van der Waals surface area contributed by atoms with Crippen LogP contribution in [0.2, 0.25) is 0 Å². The molecular weight excluding hydrogens is 294 g/mol. The molecule has 4 saturated carbocycles. The molecule has 0 aliphatic heterocycles. The summed E-state index contributed by atoms with van der Waals surface area (Å²) in [6.45, 7) is 7.72. The van der Waals surface area contributed by atoms with E-state index < -0.39 is 0 Å². The molecule has 0 spiro atoms. The summed E-state index contributed by atoms with van der Waals surface area (Å²) in [7, 11) is 0. The predicted octanol–water partition coefficient (Wildman–Crippen LogP) is 6.15. The summed E-state index contributed by atoms with van der Waals surface area (Å²) in [5.74, 6) is 4.22. The highest BCUT2D eigenvalue weighted by molar-refractivity contribution is 5.33. The van der Waals surface area contributed by atoms with Gasteiger partial charge in [-0.3, -0.25) is 0 Å². The first-order valence-electron chi connectivity index (χ1n) is 10.6. The first-order valence-corrected chi connectivity index (χ1v) is 10.6. The third-order valence-corrected chi connectivity index (χ3v) is 8.66. The van der Waals surface area contributed by atoms with Crippen LogP contribution < -0.4 is 0 Å². The summed E-state index contributed by atoms with van der Waals surface area (Å²) < 4.78 is 0. The van der Waals surface area contributed by atoms with Gasteiger partial charge in [0.25, 0.3) is 0 Å². The lowest BCUT2D eigenvalue weighted by atomic mass is 9.77. The lowest BCUT2D eigenvalue weighted by Gasteiger charge is -2.29. The van der Waals surface area contributed by atoms with Crippen LogP contribution in [0.1, 0.15) is 91.4 Å². The van der Waals surface area contributed by atoms with Crippen LogP contribution in [0.3, 0.4) is 0 Å². The Balaban J connectivity index is 0.000000143. The van der Waals surface area contributed by atoms with Crippen molar-refractivity contribution in [2.75, 3.05) is 6.54 Å². The molecule has 0 amide bonds. The van der Waals surface area contributed by atoms with E-state index in [0.717, 1.165) is 35.6 Å². The van der Waals surface area contributed by atoms with Crippen LogP contribution in [0.15, 0.2) is 4.99 Å². The SMILES string of the molecule is CCC1(CC)C[C@H]2CC[C@H]2C1.CCC1(CN=C=O)C[C@H]2CC[C@H]2C1. The minimum absolute atomic E-state index is 0.364. The first kappa shape index (κ1) is 18.2. The van der Waals surface area contributed by atoms with Crippen molar-refractivity contribution in [3.63, 3.8) is 0 Å². The number of rotatable bonds is 5. The van der Waals surface area contributed by atoms with E-state index in [9.17, 15) is 4.79 Å². The van der Waals surface area contributed by atoms with Gasteiger partial charge in [0.15, 0.2) is 0 Å². The summed E-state index contributed by atoms with van der Waals surface area (Å²) in [5, 5.41) is 0. The Bertz CT molecular complexity index is 448. The van der Waals surface area contributed by atoms with Crippen molar-refractivity contribution in [2.45, 2.75) is 91.4 Å². The zero-order valence-corrected chi connectivity index (χ0v) is 16.2. The maximum absolute atomic E-state index is 10.1. The molecular formula is C22H37NO. The molecule has 1 unspecified atom stereocenters. The largest absolute Gasteiger partial charge is 0.234 e. The fourth-order valence-corrected chi connectivity index (χ4v) is 6.30. The van der Waals surface area contributed by atoms with Gasteiger partial charge in [-0.25, -0.2) is 9.79 Å². The Morgan fingerprint density at radius 2 is 1.12 bits per heavy atom. The molecule has 0 bridgehead atoms. The van der Waals surface area contributed by atoms with Crippen LogP contribution in [-0.2, 0) is 4.79 Å². The van der Waals surface area contributed by atoms with E-state index in [1.54, 1.807) is 31.8 Å². The van der Waals surface area contributed by atoms with Crippen LogP contribution in [-0.4, -0.2) is 12.6 Å². The highest BCUT2D eigenvalue weighted by atomic mass is 16.1. The highest BCUT2D eigenvalue weighted by Crippen LogP contribution is 2.58.